The Bertz CT molecular complexity index is 427. The maximum absolute atomic E-state index is 3.77. The number of hydrogen-bond acceptors (Lipinski definition) is 2. The summed E-state index contributed by atoms with van der Waals surface area (Å²) in [6, 6.07) is 8.12. The highest BCUT2D eigenvalue weighted by atomic mass is 79.9. The van der Waals surface area contributed by atoms with Crippen LogP contribution in [0.5, 0.6) is 0 Å². The predicted octanol–water partition coefficient (Wildman–Crippen LogP) is 4.72. The van der Waals surface area contributed by atoms with Crippen molar-refractivity contribution in [3.63, 3.8) is 0 Å². The molecular formula is C17H27BrN2. The van der Waals surface area contributed by atoms with E-state index in [0.717, 1.165) is 12.6 Å². The minimum absolute atomic E-state index is 0.529. The van der Waals surface area contributed by atoms with Crippen molar-refractivity contribution in [2.75, 3.05) is 11.4 Å². The fraction of sp³-hybridized carbons (Fsp3) is 0.647. The van der Waals surface area contributed by atoms with Gasteiger partial charge in [0.2, 0.25) is 0 Å². The Morgan fingerprint density at radius 1 is 1.35 bits per heavy atom. The monoisotopic (exact) mass is 338 g/mol. The summed E-state index contributed by atoms with van der Waals surface area (Å²) in [7, 11) is 0. The third kappa shape index (κ3) is 4.49. The van der Waals surface area contributed by atoms with Gasteiger partial charge >= 0.3 is 0 Å². The zero-order chi connectivity index (χ0) is 14.5. The number of halogens is 1. The smallest absolute Gasteiger partial charge is 0.0513 e. The van der Waals surface area contributed by atoms with Gasteiger partial charge in [0.15, 0.2) is 0 Å². The Morgan fingerprint density at radius 2 is 2.10 bits per heavy atom. The molecule has 0 spiro atoms. The van der Waals surface area contributed by atoms with Crippen molar-refractivity contribution < 1.29 is 0 Å². The third-order valence-corrected chi connectivity index (χ3v) is 4.41. The Balaban J connectivity index is 2.06. The summed E-state index contributed by atoms with van der Waals surface area (Å²) in [5, 5.41) is 3.47. The highest BCUT2D eigenvalue weighted by Crippen LogP contribution is 2.36. The van der Waals surface area contributed by atoms with Gasteiger partial charge < -0.3 is 10.2 Å². The van der Waals surface area contributed by atoms with Crippen molar-refractivity contribution in [2.45, 2.75) is 65.1 Å². The lowest BCUT2D eigenvalue weighted by molar-refractivity contribution is 0.588. The minimum atomic E-state index is 0.529. The van der Waals surface area contributed by atoms with Crippen LogP contribution in [0.15, 0.2) is 22.7 Å². The lowest BCUT2D eigenvalue weighted by Crippen LogP contribution is -2.27. The molecule has 2 rings (SSSR count). The molecule has 2 nitrogen and oxygen atoms in total. The molecule has 0 aromatic heterocycles. The van der Waals surface area contributed by atoms with Gasteiger partial charge in [-0.3, -0.25) is 0 Å². The molecule has 0 unspecified atom stereocenters. The van der Waals surface area contributed by atoms with E-state index in [0.29, 0.717) is 6.04 Å². The van der Waals surface area contributed by atoms with Gasteiger partial charge in [-0.25, -0.2) is 0 Å². The first-order chi connectivity index (χ1) is 9.61. The van der Waals surface area contributed by atoms with Gasteiger partial charge in [0.1, 0.15) is 0 Å². The summed E-state index contributed by atoms with van der Waals surface area (Å²) in [4.78, 5) is 2.59. The summed E-state index contributed by atoms with van der Waals surface area (Å²) in [6.07, 6.45) is 5.25. The highest BCUT2D eigenvalue weighted by molar-refractivity contribution is 9.10. The largest absolute Gasteiger partial charge is 0.368 e. The second-order valence-electron chi connectivity index (χ2n) is 6.10. The standard InChI is InChI=1S/C17H27BrN2/c1-4-5-10-20(15-7-8-15)17-9-6-14(11-16(17)18)12-19-13(2)3/h6,9,11,13,15,19H,4-5,7-8,10,12H2,1-3H3. The normalized spacial score (nSPS) is 14.8. The summed E-state index contributed by atoms with van der Waals surface area (Å²) < 4.78 is 1.24. The second kappa shape index (κ2) is 7.46. The Kier molecular flexibility index (Phi) is 5.91. The number of unbranched alkanes of at least 4 members (excludes halogenated alkanes) is 1. The number of nitrogens with zero attached hydrogens (tertiary/aromatic N) is 1. The molecule has 1 saturated carbocycles. The van der Waals surface area contributed by atoms with E-state index in [1.807, 2.05) is 0 Å². The average molecular weight is 339 g/mol. The molecular weight excluding hydrogens is 312 g/mol. The number of anilines is 1. The molecule has 3 heteroatoms. The maximum atomic E-state index is 3.77. The van der Waals surface area contributed by atoms with E-state index in [1.54, 1.807) is 0 Å². The van der Waals surface area contributed by atoms with Gasteiger partial charge in [-0.2, -0.15) is 0 Å². The van der Waals surface area contributed by atoms with E-state index in [4.69, 9.17) is 0 Å². The lowest BCUT2D eigenvalue weighted by Gasteiger charge is -2.26. The zero-order valence-electron chi connectivity index (χ0n) is 13.0. The van der Waals surface area contributed by atoms with E-state index in [9.17, 15) is 0 Å². The quantitative estimate of drug-likeness (QED) is 0.737. The van der Waals surface area contributed by atoms with Crippen LogP contribution in [0.25, 0.3) is 0 Å². The fourth-order valence-electron chi connectivity index (χ4n) is 2.43. The molecule has 1 fully saturated rings. The topological polar surface area (TPSA) is 15.3 Å². The number of nitrogens with one attached hydrogen (secondary N) is 1. The first kappa shape index (κ1) is 15.8. The van der Waals surface area contributed by atoms with Gasteiger partial charge in [0.05, 0.1) is 5.69 Å². The van der Waals surface area contributed by atoms with E-state index >= 15 is 0 Å². The van der Waals surface area contributed by atoms with Crippen LogP contribution >= 0.6 is 15.9 Å². The molecule has 0 saturated heterocycles. The van der Waals surface area contributed by atoms with Crippen LogP contribution in [0.2, 0.25) is 0 Å². The molecule has 0 heterocycles. The van der Waals surface area contributed by atoms with Crippen LogP contribution < -0.4 is 10.2 Å². The van der Waals surface area contributed by atoms with Gasteiger partial charge in [-0.1, -0.05) is 33.3 Å². The van der Waals surface area contributed by atoms with Crippen LogP contribution in [0.3, 0.4) is 0 Å². The van der Waals surface area contributed by atoms with Crippen molar-refractivity contribution in [3.8, 4) is 0 Å². The fourth-order valence-corrected chi connectivity index (χ4v) is 3.08. The van der Waals surface area contributed by atoms with Crippen LogP contribution in [-0.4, -0.2) is 18.6 Å². The molecule has 1 aromatic carbocycles. The summed E-state index contributed by atoms with van der Waals surface area (Å²) in [5.74, 6) is 0. The molecule has 0 aliphatic heterocycles. The zero-order valence-corrected chi connectivity index (χ0v) is 14.5. The van der Waals surface area contributed by atoms with Crippen LogP contribution in [0.1, 0.15) is 52.0 Å². The van der Waals surface area contributed by atoms with Gasteiger partial charge in [0.25, 0.3) is 0 Å². The minimum Gasteiger partial charge on any atom is -0.368 e. The predicted molar refractivity (Wildman–Crippen MR) is 91.4 cm³/mol. The van der Waals surface area contributed by atoms with Crippen molar-refractivity contribution in [2.24, 2.45) is 0 Å². The van der Waals surface area contributed by atoms with Crippen molar-refractivity contribution in [1.29, 1.82) is 0 Å². The molecule has 0 atom stereocenters. The average Bonchev–Trinajstić information content (AvgIpc) is 3.23. The third-order valence-electron chi connectivity index (χ3n) is 3.78. The van der Waals surface area contributed by atoms with Gasteiger partial charge in [0, 0.05) is 29.6 Å². The first-order valence-electron chi connectivity index (χ1n) is 7.90. The van der Waals surface area contributed by atoms with Crippen LogP contribution in [0, 0.1) is 0 Å². The molecule has 1 aromatic rings. The molecule has 1 aliphatic rings. The number of benzene rings is 1. The van der Waals surface area contributed by atoms with E-state index < -0.39 is 0 Å². The Labute approximate surface area is 132 Å². The van der Waals surface area contributed by atoms with Gasteiger partial charge in [-0.05, 0) is 52.9 Å². The van der Waals surface area contributed by atoms with Crippen molar-refractivity contribution >= 4 is 21.6 Å². The second-order valence-corrected chi connectivity index (χ2v) is 6.95. The summed E-state index contributed by atoms with van der Waals surface area (Å²) in [5.41, 5.74) is 2.72. The highest BCUT2D eigenvalue weighted by Gasteiger charge is 2.29. The number of hydrogen-bond donors (Lipinski definition) is 1. The molecule has 20 heavy (non-hydrogen) atoms. The van der Waals surface area contributed by atoms with Crippen molar-refractivity contribution in [3.05, 3.63) is 28.2 Å². The number of rotatable bonds is 8. The summed E-state index contributed by atoms with van der Waals surface area (Å²) in [6.45, 7) is 8.76. The van der Waals surface area contributed by atoms with Crippen LogP contribution in [-0.2, 0) is 6.54 Å². The van der Waals surface area contributed by atoms with E-state index in [1.165, 1.54) is 48.0 Å². The maximum Gasteiger partial charge on any atom is 0.0513 e. The summed E-state index contributed by atoms with van der Waals surface area (Å²) >= 11 is 3.77. The van der Waals surface area contributed by atoms with E-state index in [2.05, 4.69) is 65.1 Å². The molecule has 112 valence electrons. The molecule has 0 radical (unpaired) electrons. The Hall–Kier alpha value is -0.540. The Morgan fingerprint density at radius 3 is 2.65 bits per heavy atom. The molecule has 1 N–H and O–H groups in total. The van der Waals surface area contributed by atoms with Crippen molar-refractivity contribution in [1.82, 2.24) is 5.32 Å². The SMILES string of the molecule is CCCCN(c1ccc(CNC(C)C)cc1Br)C1CC1. The van der Waals surface area contributed by atoms with E-state index in [-0.39, 0.29) is 0 Å². The molecule has 0 bridgehead atoms. The van der Waals surface area contributed by atoms with Gasteiger partial charge in [-0.15, -0.1) is 0 Å². The lowest BCUT2D eigenvalue weighted by atomic mass is 10.1. The molecule has 1 aliphatic carbocycles. The molecule has 0 amide bonds. The first-order valence-corrected chi connectivity index (χ1v) is 8.69. The van der Waals surface area contributed by atoms with Crippen LogP contribution in [0.4, 0.5) is 5.69 Å².